The Balaban J connectivity index is 1.84. The molecule has 0 bridgehead atoms. The van der Waals surface area contributed by atoms with Crippen LogP contribution in [0.3, 0.4) is 0 Å². The van der Waals surface area contributed by atoms with Crippen molar-refractivity contribution in [3.63, 3.8) is 0 Å². The highest BCUT2D eigenvalue weighted by Crippen LogP contribution is 2.29. The van der Waals surface area contributed by atoms with Crippen molar-refractivity contribution >= 4 is 45.0 Å². The molecule has 0 aliphatic heterocycles. The van der Waals surface area contributed by atoms with Crippen LogP contribution in [-0.2, 0) is 0 Å². The van der Waals surface area contributed by atoms with Gasteiger partial charge in [0.1, 0.15) is 11.6 Å². The van der Waals surface area contributed by atoms with Crippen molar-refractivity contribution in [2.24, 2.45) is 0 Å². The number of thioether (sulfide) groups is 1. The van der Waals surface area contributed by atoms with Crippen LogP contribution in [0.2, 0.25) is 5.02 Å². The molecule has 0 fully saturated rings. The molecule has 2 N–H and O–H groups in total. The maximum atomic E-state index is 12.9. The van der Waals surface area contributed by atoms with E-state index in [0.717, 1.165) is 15.1 Å². The third-order valence-corrected chi connectivity index (χ3v) is 4.37. The van der Waals surface area contributed by atoms with E-state index in [1.165, 1.54) is 23.9 Å². The predicted octanol–water partition coefficient (Wildman–Crippen LogP) is 4.99. The van der Waals surface area contributed by atoms with Crippen molar-refractivity contribution < 1.29 is 9.13 Å². The number of hydrogen-bond acceptors (Lipinski definition) is 3. The van der Waals surface area contributed by atoms with Crippen LogP contribution in [0, 0.1) is 5.82 Å². The normalized spacial score (nSPS) is 10.6. The quantitative estimate of drug-likeness (QED) is 0.453. The van der Waals surface area contributed by atoms with Gasteiger partial charge >= 0.3 is 0 Å². The molecule has 106 valence electrons. The SMILES string of the molecule is Nc1cc(F)ccc1SCCOc1ccc(Cl)cc1Br. The minimum atomic E-state index is -0.326. The highest BCUT2D eigenvalue weighted by molar-refractivity contribution is 9.10. The van der Waals surface area contributed by atoms with Gasteiger partial charge in [0.05, 0.1) is 11.1 Å². The molecule has 0 unspecified atom stereocenters. The first-order chi connectivity index (χ1) is 9.56. The lowest BCUT2D eigenvalue weighted by Crippen LogP contribution is -2.01. The number of halogens is 3. The smallest absolute Gasteiger partial charge is 0.133 e. The molecule has 20 heavy (non-hydrogen) atoms. The van der Waals surface area contributed by atoms with E-state index in [9.17, 15) is 4.39 Å². The Labute approximate surface area is 134 Å². The van der Waals surface area contributed by atoms with E-state index in [0.29, 0.717) is 23.1 Å². The predicted molar refractivity (Wildman–Crippen MR) is 86.2 cm³/mol. The molecule has 2 aromatic rings. The molecule has 6 heteroatoms. The Bertz CT molecular complexity index is 558. The minimum absolute atomic E-state index is 0.326. The Morgan fingerprint density at radius 1 is 1.25 bits per heavy atom. The van der Waals surface area contributed by atoms with Crippen molar-refractivity contribution in [2.75, 3.05) is 18.1 Å². The summed E-state index contributed by atoms with van der Waals surface area (Å²) in [5.74, 6) is 1.13. The van der Waals surface area contributed by atoms with Crippen LogP contribution in [-0.4, -0.2) is 12.4 Å². The van der Waals surface area contributed by atoms with Gasteiger partial charge in [0.2, 0.25) is 0 Å². The zero-order valence-corrected chi connectivity index (χ0v) is 13.6. The van der Waals surface area contributed by atoms with Crippen LogP contribution >= 0.6 is 39.3 Å². The summed E-state index contributed by atoms with van der Waals surface area (Å²) in [6, 6.07) is 9.75. The third kappa shape index (κ3) is 4.30. The lowest BCUT2D eigenvalue weighted by molar-refractivity contribution is 0.342. The molecule has 0 heterocycles. The lowest BCUT2D eigenvalue weighted by atomic mass is 10.3. The number of benzene rings is 2. The van der Waals surface area contributed by atoms with E-state index >= 15 is 0 Å². The van der Waals surface area contributed by atoms with Gasteiger partial charge in [-0.05, 0) is 52.3 Å². The summed E-state index contributed by atoms with van der Waals surface area (Å²) in [5.41, 5.74) is 6.18. The molecule has 0 spiro atoms. The first kappa shape index (κ1) is 15.5. The molecule has 0 amide bonds. The Morgan fingerprint density at radius 2 is 2.05 bits per heavy atom. The number of hydrogen-bond donors (Lipinski definition) is 1. The van der Waals surface area contributed by atoms with Gasteiger partial charge in [0.25, 0.3) is 0 Å². The van der Waals surface area contributed by atoms with Gasteiger partial charge in [-0.1, -0.05) is 11.6 Å². The summed E-state index contributed by atoms with van der Waals surface area (Å²) in [6.45, 7) is 0.516. The van der Waals surface area contributed by atoms with Gasteiger partial charge in [0.15, 0.2) is 0 Å². The maximum Gasteiger partial charge on any atom is 0.133 e. The summed E-state index contributed by atoms with van der Waals surface area (Å²) < 4.78 is 19.4. The van der Waals surface area contributed by atoms with Crippen LogP contribution in [0.4, 0.5) is 10.1 Å². The fourth-order valence-corrected chi connectivity index (χ4v) is 3.12. The molecule has 2 nitrogen and oxygen atoms in total. The van der Waals surface area contributed by atoms with Crippen LogP contribution in [0.5, 0.6) is 5.75 Å². The number of nitrogens with two attached hydrogens (primary N) is 1. The highest BCUT2D eigenvalue weighted by Gasteiger charge is 2.04. The molecule has 0 saturated carbocycles. The third-order valence-electron chi connectivity index (χ3n) is 2.46. The Hall–Kier alpha value is -0.910. The molecule has 2 rings (SSSR count). The Morgan fingerprint density at radius 3 is 2.75 bits per heavy atom. The van der Waals surface area contributed by atoms with Crippen molar-refractivity contribution in [3.05, 3.63) is 51.7 Å². The van der Waals surface area contributed by atoms with Crippen molar-refractivity contribution in [2.45, 2.75) is 4.90 Å². The number of anilines is 1. The maximum absolute atomic E-state index is 12.9. The second kappa shape index (κ2) is 7.20. The molecule has 0 radical (unpaired) electrons. The van der Waals surface area contributed by atoms with Gasteiger partial charge in [0, 0.05) is 21.4 Å². The molecular formula is C14H12BrClFNOS. The largest absolute Gasteiger partial charge is 0.492 e. The highest BCUT2D eigenvalue weighted by atomic mass is 79.9. The summed E-state index contributed by atoms with van der Waals surface area (Å²) in [7, 11) is 0. The van der Waals surface area contributed by atoms with Crippen LogP contribution < -0.4 is 10.5 Å². The minimum Gasteiger partial charge on any atom is -0.492 e. The monoisotopic (exact) mass is 375 g/mol. The first-order valence-corrected chi connectivity index (χ1v) is 7.97. The van der Waals surface area contributed by atoms with Gasteiger partial charge in [-0.3, -0.25) is 0 Å². The average Bonchev–Trinajstić information content (AvgIpc) is 2.39. The molecule has 0 atom stereocenters. The molecular weight excluding hydrogens is 365 g/mol. The van der Waals surface area contributed by atoms with Crippen LogP contribution in [0.25, 0.3) is 0 Å². The van der Waals surface area contributed by atoms with E-state index in [1.54, 1.807) is 18.2 Å². The zero-order valence-electron chi connectivity index (χ0n) is 10.4. The van der Waals surface area contributed by atoms with Crippen molar-refractivity contribution in [1.29, 1.82) is 0 Å². The van der Waals surface area contributed by atoms with Gasteiger partial charge in [-0.15, -0.1) is 11.8 Å². The van der Waals surface area contributed by atoms with Gasteiger partial charge in [-0.25, -0.2) is 4.39 Å². The fourth-order valence-electron chi connectivity index (χ4n) is 1.55. The second-order valence-corrected chi connectivity index (χ2v) is 6.38. The summed E-state index contributed by atoms with van der Waals surface area (Å²) in [5, 5.41) is 0.651. The Kier molecular flexibility index (Phi) is 5.57. The van der Waals surface area contributed by atoms with E-state index in [1.807, 2.05) is 6.07 Å². The van der Waals surface area contributed by atoms with Crippen molar-refractivity contribution in [3.8, 4) is 5.75 Å². The molecule has 0 aliphatic rings. The summed E-state index contributed by atoms with van der Waals surface area (Å²) >= 11 is 10.8. The molecule has 0 aromatic heterocycles. The van der Waals surface area contributed by atoms with E-state index < -0.39 is 0 Å². The lowest BCUT2D eigenvalue weighted by Gasteiger charge is -2.09. The standard InChI is InChI=1S/C14H12BrClFNOS/c15-11-7-9(16)1-3-13(11)19-5-6-20-14-4-2-10(17)8-12(14)18/h1-4,7-8H,5-6,18H2. The first-order valence-electron chi connectivity index (χ1n) is 5.82. The number of rotatable bonds is 5. The molecule has 2 aromatic carbocycles. The number of nitrogen functional groups attached to an aromatic ring is 1. The molecule has 0 aliphatic carbocycles. The summed E-state index contributed by atoms with van der Waals surface area (Å²) in [6.07, 6.45) is 0. The zero-order chi connectivity index (χ0) is 14.5. The topological polar surface area (TPSA) is 35.2 Å². The van der Waals surface area contributed by atoms with Gasteiger partial charge in [-0.2, -0.15) is 0 Å². The van der Waals surface area contributed by atoms with Crippen molar-refractivity contribution in [1.82, 2.24) is 0 Å². The fraction of sp³-hybridized carbons (Fsp3) is 0.143. The van der Waals surface area contributed by atoms with E-state index in [2.05, 4.69) is 15.9 Å². The van der Waals surface area contributed by atoms with Crippen LogP contribution in [0.1, 0.15) is 0 Å². The molecule has 0 saturated heterocycles. The number of ether oxygens (including phenoxy) is 1. The summed E-state index contributed by atoms with van der Waals surface area (Å²) in [4.78, 5) is 0.852. The van der Waals surface area contributed by atoms with Crippen LogP contribution in [0.15, 0.2) is 45.8 Å². The second-order valence-electron chi connectivity index (χ2n) is 3.95. The van der Waals surface area contributed by atoms with E-state index in [4.69, 9.17) is 22.1 Å². The van der Waals surface area contributed by atoms with Gasteiger partial charge < -0.3 is 10.5 Å². The average molecular weight is 377 g/mol. The van der Waals surface area contributed by atoms with E-state index in [-0.39, 0.29) is 5.82 Å².